The monoisotopic (exact) mass is 296 g/mol. The molecule has 0 saturated carbocycles. The molecule has 0 aliphatic heterocycles. The summed E-state index contributed by atoms with van der Waals surface area (Å²) in [6, 6.07) is 0. The van der Waals surface area contributed by atoms with E-state index in [-0.39, 0.29) is 12.4 Å². The second-order valence-electron chi connectivity index (χ2n) is 4.72. The van der Waals surface area contributed by atoms with Crippen LogP contribution in [0.2, 0.25) is 0 Å². The van der Waals surface area contributed by atoms with Gasteiger partial charge >= 0.3 is 5.97 Å². The van der Waals surface area contributed by atoms with E-state index >= 15 is 0 Å². The van der Waals surface area contributed by atoms with Crippen molar-refractivity contribution in [1.29, 1.82) is 0 Å². The van der Waals surface area contributed by atoms with Crippen molar-refractivity contribution >= 4 is 5.97 Å². The lowest BCUT2D eigenvalue weighted by atomic mass is 10.1. The quantitative estimate of drug-likeness (QED) is 0.246. The van der Waals surface area contributed by atoms with Crippen molar-refractivity contribution in [3.05, 3.63) is 36.5 Å². The average molecular weight is 296 g/mol. The number of allylic oxidation sites excluding steroid dienone is 6. The van der Waals surface area contributed by atoms with E-state index < -0.39 is 12.7 Å². The molecule has 0 rings (SSSR count). The fourth-order valence-electron chi connectivity index (χ4n) is 1.67. The van der Waals surface area contributed by atoms with Gasteiger partial charge in [0.05, 0.1) is 7.11 Å². The molecule has 0 unspecified atom stereocenters. The average Bonchev–Trinajstić information content (AvgIpc) is 2.56. The Kier molecular flexibility index (Phi) is 10.7. The summed E-state index contributed by atoms with van der Waals surface area (Å²) in [5, 5.41) is 0. The highest BCUT2D eigenvalue weighted by Gasteiger charge is 1.98. The van der Waals surface area contributed by atoms with Crippen LogP contribution in [0.4, 0.5) is 0 Å². The molecule has 0 aromatic heterocycles. The summed E-state index contributed by atoms with van der Waals surface area (Å²) >= 11 is 0. The summed E-state index contributed by atoms with van der Waals surface area (Å²) in [6.07, 6.45) is 12.7. The van der Waals surface area contributed by atoms with Crippen molar-refractivity contribution in [3.8, 4) is 0 Å². The van der Waals surface area contributed by atoms with Gasteiger partial charge in [-0.2, -0.15) is 0 Å². The predicted octanol–water partition coefficient (Wildman–Crippen LogP) is 5.75. The van der Waals surface area contributed by atoms with Crippen LogP contribution in [0.25, 0.3) is 0 Å². The number of hydrogen-bond donors (Lipinski definition) is 0. The lowest BCUT2D eigenvalue weighted by molar-refractivity contribution is -0.140. The summed E-state index contributed by atoms with van der Waals surface area (Å²) in [5.41, 5.74) is 0. The van der Waals surface area contributed by atoms with Crippen molar-refractivity contribution in [2.75, 3.05) is 7.11 Å². The summed E-state index contributed by atoms with van der Waals surface area (Å²) in [5.74, 6) is -0.162. The van der Waals surface area contributed by atoms with Crippen LogP contribution in [0.3, 0.4) is 0 Å². The van der Waals surface area contributed by atoms with Crippen molar-refractivity contribution in [2.45, 2.75) is 71.0 Å². The Morgan fingerprint density at radius 1 is 0.952 bits per heavy atom. The Morgan fingerprint density at radius 2 is 1.67 bits per heavy atom. The molecule has 0 amide bonds. The maximum atomic E-state index is 10.9. The highest BCUT2D eigenvalue weighted by molar-refractivity contribution is 5.68. The van der Waals surface area contributed by atoms with E-state index in [1.807, 2.05) is 19.1 Å². The molecular weight excluding hydrogens is 260 g/mol. The van der Waals surface area contributed by atoms with Gasteiger partial charge in [0.1, 0.15) is 0 Å². The van der Waals surface area contributed by atoms with Gasteiger partial charge in [0.2, 0.25) is 0 Å². The third-order valence-corrected chi connectivity index (χ3v) is 2.88. The van der Waals surface area contributed by atoms with Gasteiger partial charge < -0.3 is 4.74 Å². The van der Waals surface area contributed by atoms with Crippen molar-refractivity contribution in [3.63, 3.8) is 0 Å². The van der Waals surface area contributed by atoms with E-state index in [1.165, 1.54) is 25.3 Å². The molecule has 21 heavy (non-hydrogen) atoms. The first-order valence-electron chi connectivity index (χ1n) is 9.82. The molecule has 120 valence electrons. The Labute approximate surface area is 136 Å². The van der Waals surface area contributed by atoms with Crippen LogP contribution >= 0.6 is 0 Å². The molecule has 0 aromatic carbocycles. The highest BCUT2D eigenvalue weighted by atomic mass is 16.5. The number of methoxy groups -OCH3 is 1. The minimum atomic E-state index is -1.61. The lowest BCUT2D eigenvalue weighted by Crippen LogP contribution is -1.98. The number of hydrogen-bond acceptors (Lipinski definition) is 2. The molecule has 0 aliphatic rings. The molecule has 0 saturated heterocycles. The smallest absolute Gasteiger partial charge is 0.305 e. The summed E-state index contributed by atoms with van der Waals surface area (Å²) < 4.78 is 35.9. The first-order valence-corrected chi connectivity index (χ1v) is 7.82. The SMILES string of the molecule is [2H]C([2H])(C=CCC)C=CC([2H])([2H])CC=CCCCCCCC(=O)OC. The lowest BCUT2D eigenvalue weighted by Gasteiger charge is -1.99. The van der Waals surface area contributed by atoms with Crippen molar-refractivity contribution in [2.24, 2.45) is 0 Å². The first-order chi connectivity index (χ1) is 11.7. The maximum absolute atomic E-state index is 10.9. The van der Waals surface area contributed by atoms with E-state index in [2.05, 4.69) is 4.74 Å². The fourth-order valence-corrected chi connectivity index (χ4v) is 1.67. The normalized spacial score (nSPS) is 16.1. The minimum Gasteiger partial charge on any atom is -0.469 e. The van der Waals surface area contributed by atoms with E-state index in [9.17, 15) is 4.79 Å². The number of unbranched alkanes of at least 4 members (excludes halogenated alkanes) is 4. The number of esters is 1. The second kappa shape index (κ2) is 16.7. The predicted molar refractivity (Wildman–Crippen MR) is 91.3 cm³/mol. The molecule has 0 radical (unpaired) electrons. The molecule has 0 heterocycles. The molecule has 0 N–H and O–H groups in total. The van der Waals surface area contributed by atoms with Crippen LogP contribution in [0.5, 0.6) is 0 Å². The molecule has 0 atom stereocenters. The molecule has 0 aliphatic carbocycles. The Balaban J connectivity index is 3.98. The van der Waals surface area contributed by atoms with Crippen molar-refractivity contribution in [1.82, 2.24) is 0 Å². The number of carbonyl (C=O) groups excluding carboxylic acids is 1. The minimum absolute atomic E-state index is 0.162. The third-order valence-electron chi connectivity index (χ3n) is 2.88. The largest absolute Gasteiger partial charge is 0.469 e. The number of rotatable bonds is 13. The molecular formula is C19H32O2. The van der Waals surface area contributed by atoms with Gasteiger partial charge in [-0.05, 0) is 44.8 Å². The van der Waals surface area contributed by atoms with Crippen molar-refractivity contribution < 1.29 is 15.0 Å². The Morgan fingerprint density at radius 3 is 2.43 bits per heavy atom. The first kappa shape index (κ1) is 13.4. The summed E-state index contributed by atoms with van der Waals surface area (Å²) in [6.45, 7) is 1.93. The van der Waals surface area contributed by atoms with Gasteiger partial charge in [0, 0.05) is 11.9 Å². The zero-order valence-electron chi connectivity index (χ0n) is 17.4. The van der Waals surface area contributed by atoms with Crippen LogP contribution in [0.1, 0.15) is 76.5 Å². The van der Waals surface area contributed by atoms with Crippen LogP contribution in [-0.2, 0) is 9.53 Å². The number of ether oxygens (including phenoxy) is 1. The Bertz CT molecular complexity index is 454. The van der Waals surface area contributed by atoms with Gasteiger partial charge in [0.25, 0.3) is 0 Å². The van der Waals surface area contributed by atoms with Crippen LogP contribution in [0.15, 0.2) is 36.5 Å². The Hall–Kier alpha value is -1.31. The van der Waals surface area contributed by atoms with Gasteiger partial charge in [-0.15, -0.1) is 0 Å². The van der Waals surface area contributed by atoms with Gasteiger partial charge in [-0.3, -0.25) is 4.79 Å². The zero-order valence-corrected chi connectivity index (χ0v) is 13.4. The topological polar surface area (TPSA) is 26.3 Å². The van der Waals surface area contributed by atoms with Gasteiger partial charge in [-0.1, -0.05) is 56.2 Å². The summed E-state index contributed by atoms with van der Waals surface area (Å²) in [7, 11) is 1.40. The van der Waals surface area contributed by atoms with E-state index in [4.69, 9.17) is 5.48 Å². The zero-order chi connectivity index (χ0) is 19.2. The highest BCUT2D eigenvalue weighted by Crippen LogP contribution is 2.07. The van der Waals surface area contributed by atoms with Crippen LogP contribution < -0.4 is 0 Å². The standard InChI is InChI=1S/C19H32O2/c1-3-4-5-6-7-8-9-10-11-12-13-14-15-16-17-18-19(20)21-2/h4-5,7-8,11-12H,3,6,9-10,13-18H2,1-2H3/i6D2,9D2. The molecule has 0 fully saturated rings. The molecule has 2 heteroatoms. The molecule has 0 spiro atoms. The van der Waals surface area contributed by atoms with Crippen LogP contribution in [0, 0.1) is 0 Å². The third kappa shape index (κ3) is 16.6. The second-order valence-corrected chi connectivity index (χ2v) is 4.72. The van der Waals surface area contributed by atoms with Gasteiger partial charge in [-0.25, -0.2) is 0 Å². The van der Waals surface area contributed by atoms with E-state index in [0.29, 0.717) is 6.42 Å². The molecule has 0 bridgehead atoms. The molecule has 2 nitrogen and oxygen atoms in total. The molecule has 0 aromatic rings. The van der Waals surface area contributed by atoms with E-state index in [1.54, 1.807) is 6.08 Å². The van der Waals surface area contributed by atoms with E-state index in [0.717, 1.165) is 38.5 Å². The fraction of sp³-hybridized carbons (Fsp3) is 0.632. The van der Waals surface area contributed by atoms with Gasteiger partial charge in [0.15, 0.2) is 0 Å². The maximum Gasteiger partial charge on any atom is 0.305 e. The number of carbonyl (C=O) groups is 1. The van der Waals surface area contributed by atoms with Crippen LogP contribution in [-0.4, -0.2) is 13.1 Å². The summed E-state index contributed by atoms with van der Waals surface area (Å²) in [4.78, 5) is 10.9.